The van der Waals surface area contributed by atoms with Crippen LogP contribution in [0.3, 0.4) is 0 Å². The molecule has 6 nitrogen and oxygen atoms in total. The van der Waals surface area contributed by atoms with Crippen molar-refractivity contribution in [2.24, 2.45) is 5.73 Å². The molecule has 21 heavy (non-hydrogen) atoms. The second-order valence-corrected chi connectivity index (χ2v) is 4.56. The topological polar surface area (TPSA) is 79.4 Å². The molecule has 120 valence electrons. The Bertz CT molecular complexity index is 489. The highest BCUT2D eigenvalue weighted by Crippen LogP contribution is 2.14. The first-order valence-electron chi connectivity index (χ1n) is 6.38. The number of ether oxygens (including phenoxy) is 2. The Hall–Kier alpha value is -1.61. The van der Waals surface area contributed by atoms with Crippen LogP contribution in [0.15, 0.2) is 17.1 Å². The van der Waals surface area contributed by atoms with Crippen LogP contribution in [0.1, 0.15) is 13.3 Å². The molecule has 9 heteroatoms. The maximum atomic E-state index is 11.8. The van der Waals surface area contributed by atoms with Gasteiger partial charge in [0, 0.05) is 25.3 Å². The average molecular weight is 309 g/mol. The normalized spacial score (nSPS) is 13.2. The minimum absolute atomic E-state index is 0.101. The Labute approximate surface area is 119 Å². The van der Waals surface area contributed by atoms with Crippen LogP contribution in [0, 0.1) is 0 Å². The molecule has 1 rings (SSSR count). The first-order chi connectivity index (χ1) is 9.78. The van der Waals surface area contributed by atoms with Crippen LogP contribution in [0.2, 0.25) is 0 Å². The highest BCUT2D eigenvalue weighted by atomic mass is 19.4. The molecule has 0 radical (unpaired) electrons. The smallest absolute Gasteiger partial charge is 0.411 e. The maximum Gasteiger partial charge on any atom is 0.411 e. The SMILES string of the molecule is CC(N)COc1cnn(CCCOCC(F)(F)F)c(=O)c1. The molecule has 0 amide bonds. The fourth-order valence-corrected chi connectivity index (χ4v) is 1.40. The van der Waals surface area contributed by atoms with Crippen LogP contribution < -0.4 is 16.0 Å². The maximum absolute atomic E-state index is 11.8. The number of hydrogen-bond acceptors (Lipinski definition) is 5. The Morgan fingerprint density at radius 2 is 2.19 bits per heavy atom. The van der Waals surface area contributed by atoms with Gasteiger partial charge in [-0.1, -0.05) is 0 Å². The van der Waals surface area contributed by atoms with Crippen molar-refractivity contribution in [1.82, 2.24) is 9.78 Å². The molecule has 1 aromatic heterocycles. The van der Waals surface area contributed by atoms with Crippen molar-refractivity contribution in [3.8, 4) is 5.75 Å². The molecule has 1 unspecified atom stereocenters. The number of nitrogens with zero attached hydrogens (tertiary/aromatic N) is 2. The Balaban J connectivity index is 2.37. The summed E-state index contributed by atoms with van der Waals surface area (Å²) in [6.07, 6.45) is -2.72. The molecule has 0 aromatic carbocycles. The van der Waals surface area contributed by atoms with Crippen molar-refractivity contribution in [2.45, 2.75) is 32.1 Å². The summed E-state index contributed by atoms with van der Waals surface area (Å²) < 4.78 is 46.3. The zero-order valence-corrected chi connectivity index (χ0v) is 11.6. The minimum Gasteiger partial charge on any atom is -0.490 e. The number of hydrogen-bond donors (Lipinski definition) is 1. The van der Waals surface area contributed by atoms with Gasteiger partial charge in [0.1, 0.15) is 19.0 Å². The summed E-state index contributed by atoms with van der Waals surface area (Å²) >= 11 is 0. The van der Waals surface area contributed by atoms with Crippen LogP contribution in [0.5, 0.6) is 5.75 Å². The van der Waals surface area contributed by atoms with Gasteiger partial charge in [0.25, 0.3) is 5.56 Å². The Morgan fingerprint density at radius 3 is 2.76 bits per heavy atom. The second-order valence-electron chi connectivity index (χ2n) is 4.56. The molecule has 0 aliphatic rings. The zero-order chi connectivity index (χ0) is 15.9. The molecule has 1 aromatic rings. The van der Waals surface area contributed by atoms with E-state index in [1.54, 1.807) is 6.92 Å². The van der Waals surface area contributed by atoms with Crippen LogP contribution in [-0.2, 0) is 11.3 Å². The van der Waals surface area contributed by atoms with E-state index in [1.165, 1.54) is 12.3 Å². The largest absolute Gasteiger partial charge is 0.490 e. The summed E-state index contributed by atoms with van der Waals surface area (Å²) in [5.74, 6) is 0.307. The number of alkyl halides is 3. The molecule has 0 aliphatic heterocycles. The number of nitrogens with two attached hydrogens (primary N) is 1. The van der Waals surface area contributed by atoms with Crippen molar-refractivity contribution >= 4 is 0 Å². The second kappa shape index (κ2) is 7.99. The lowest BCUT2D eigenvalue weighted by Crippen LogP contribution is -2.26. The lowest BCUT2D eigenvalue weighted by Gasteiger charge is -2.10. The number of halogens is 3. The molecule has 0 fully saturated rings. The standard InChI is InChI=1S/C12H18F3N3O3/c1-9(16)7-21-10-5-11(19)18(17-6-10)3-2-4-20-8-12(13,14)15/h5-6,9H,2-4,7-8,16H2,1H3. The summed E-state index contributed by atoms with van der Waals surface area (Å²) in [4.78, 5) is 11.7. The van der Waals surface area contributed by atoms with E-state index < -0.39 is 18.3 Å². The summed E-state index contributed by atoms with van der Waals surface area (Å²) in [5, 5.41) is 3.86. The fraction of sp³-hybridized carbons (Fsp3) is 0.667. The van der Waals surface area contributed by atoms with Crippen LogP contribution in [0.25, 0.3) is 0 Å². The van der Waals surface area contributed by atoms with Gasteiger partial charge in [-0.2, -0.15) is 18.3 Å². The predicted octanol–water partition coefficient (Wildman–Crippen LogP) is 0.938. The number of rotatable bonds is 8. The predicted molar refractivity (Wildman–Crippen MR) is 69.1 cm³/mol. The van der Waals surface area contributed by atoms with E-state index >= 15 is 0 Å². The third-order valence-corrected chi connectivity index (χ3v) is 2.28. The van der Waals surface area contributed by atoms with Gasteiger partial charge in [-0.3, -0.25) is 4.79 Å². The van der Waals surface area contributed by atoms with Crippen molar-refractivity contribution in [2.75, 3.05) is 19.8 Å². The van der Waals surface area contributed by atoms with Gasteiger partial charge < -0.3 is 15.2 Å². The fourth-order valence-electron chi connectivity index (χ4n) is 1.40. The quantitative estimate of drug-likeness (QED) is 0.723. The van der Waals surface area contributed by atoms with Gasteiger partial charge in [-0.25, -0.2) is 4.68 Å². The molecule has 1 heterocycles. The number of aryl methyl sites for hydroxylation is 1. The summed E-state index contributed by atoms with van der Waals surface area (Å²) in [6.45, 7) is 0.798. The monoisotopic (exact) mass is 309 g/mol. The van der Waals surface area contributed by atoms with Gasteiger partial charge in [-0.05, 0) is 13.3 Å². The van der Waals surface area contributed by atoms with E-state index in [-0.39, 0.29) is 32.2 Å². The summed E-state index contributed by atoms with van der Waals surface area (Å²) in [6, 6.07) is 1.09. The Morgan fingerprint density at radius 1 is 1.48 bits per heavy atom. The summed E-state index contributed by atoms with van der Waals surface area (Å²) in [7, 11) is 0. The third-order valence-electron chi connectivity index (χ3n) is 2.28. The van der Waals surface area contributed by atoms with Crippen molar-refractivity contribution in [1.29, 1.82) is 0 Å². The van der Waals surface area contributed by atoms with Crippen molar-refractivity contribution in [3.63, 3.8) is 0 Å². The Kier molecular flexibility index (Phi) is 6.63. The first kappa shape index (κ1) is 17.4. The van der Waals surface area contributed by atoms with E-state index in [0.29, 0.717) is 5.75 Å². The highest BCUT2D eigenvalue weighted by Gasteiger charge is 2.27. The van der Waals surface area contributed by atoms with Gasteiger partial charge in [0.05, 0.1) is 6.20 Å². The molecule has 0 spiro atoms. The lowest BCUT2D eigenvalue weighted by atomic mass is 10.4. The molecule has 0 saturated carbocycles. The molecule has 0 bridgehead atoms. The number of aromatic nitrogens is 2. The molecular formula is C12H18F3N3O3. The summed E-state index contributed by atoms with van der Waals surface area (Å²) in [5.41, 5.74) is 5.11. The van der Waals surface area contributed by atoms with E-state index in [1.807, 2.05) is 0 Å². The van der Waals surface area contributed by atoms with Crippen LogP contribution in [0.4, 0.5) is 13.2 Å². The van der Waals surface area contributed by atoms with Gasteiger partial charge in [0.15, 0.2) is 0 Å². The van der Waals surface area contributed by atoms with Gasteiger partial charge in [0.2, 0.25) is 0 Å². The van der Waals surface area contributed by atoms with Crippen LogP contribution in [-0.4, -0.2) is 41.8 Å². The molecule has 1 atom stereocenters. The molecule has 0 saturated heterocycles. The average Bonchev–Trinajstić information content (AvgIpc) is 2.36. The van der Waals surface area contributed by atoms with Gasteiger partial charge in [-0.15, -0.1) is 0 Å². The van der Waals surface area contributed by atoms with E-state index in [2.05, 4.69) is 9.84 Å². The molecule has 2 N–H and O–H groups in total. The van der Waals surface area contributed by atoms with Crippen molar-refractivity contribution < 1.29 is 22.6 Å². The molecular weight excluding hydrogens is 291 g/mol. The van der Waals surface area contributed by atoms with Gasteiger partial charge >= 0.3 is 6.18 Å². The van der Waals surface area contributed by atoms with E-state index in [0.717, 1.165) is 4.68 Å². The highest BCUT2D eigenvalue weighted by molar-refractivity contribution is 5.13. The van der Waals surface area contributed by atoms with Crippen LogP contribution >= 0.6 is 0 Å². The van der Waals surface area contributed by atoms with E-state index in [9.17, 15) is 18.0 Å². The lowest BCUT2D eigenvalue weighted by molar-refractivity contribution is -0.174. The molecule has 0 aliphatic carbocycles. The zero-order valence-electron chi connectivity index (χ0n) is 11.6. The van der Waals surface area contributed by atoms with E-state index in [4.69, 9.17) is 10.5 Å². The third kappa shape index (κ3) is 7.66. The minimum atomic E-state index is -4.34. The first-order valence-corrected chi connectivity index (χ1v) is 6.38. The van der Waals surface area contributed by atoms with Crippen molar-refractivity contribution in [3.05, 3.63) is 22.6 Å².